The van der Waals surface area contributed by atoms with Crippen LogP contribution in [0.5, 0.6) is 0 Å². The molecule has 0 aromatic rings. The van der Waals surface area contributed by atoms with Gasteiger partial charge in [0.1, 0.15) is 24.9 Å². The van der Waals surface area contributed by atoms with Crippen LogP contribution in [-0.4, -0.2) is 195 Å². The summed E-state index contributed by atoms with van der Waals surface area (Å²) in [5, 5.41) is 0. The van der Waals surface area contributed by atoms with E-state index < -0.39 is 195 Å². The van der Waals surface area contributed by atoms with Gasteiger partial charge in [0.25, 0.3) is 0 Å². The molecule has 0 aromatic heterocycles. The van der Waals surface area contributed by atoms with Gasteiger partial charge < -0.3 is 85.3 Å². The number of hydrogen-bond acceptors (Lipinski definition) is 28. The summed E-state index contributed by atoms with van der Waals surface area (Å²) in [7, 11) is 0. The Morgan fingerprint density at radius 1 is 0.370 bits per heavy atom. The van der Waals surface area contributed by atoms with E-state index in [-0.39, 0.29) is 19.3 Å². The van der Waals surface area contributed by atoms with Crippen LogP contribution in [-0.2, 0) is 133 Å². The molecular formula is C72H116O28. The summed E-state index contributed by atoms with van der Waals surface area (Å²) in [6, 6.07) is 0. The molecule has 572 valence electrons. The minimum atomic E-state index is -1.80. The minimum Gasteiger partial charge on any atom is -0.463 e. The maximum Gasteiger partial charge on any atom is 0.306 e. The Kier molecular flexibility index (Phi) is 38.1. The van der Waals surface area contributed by atoms with Gasteiger partial charge in [-0.25, -0.2) is 0 Å². The van der Waals surface area contributed by atoms with Crippen molar-refractivity contribution in [3.63, 3.8) is 0 Å². The van der Waals surface area contributed by atoms with E-state index in [1.165, 1.54) is 20.8 Å². The standard InChI is InChI=1S/C72H116O28/c1-14-17-20-22-24-29-34-38-54(80)95-57-42(4)84-69(65(92-51(13)79)61(57)88-47(9)75)98-58-43(5)85-70(66(62(58)89-48(10)76)96-55(81)39-33-27-21-18-15-2)99-59-44(6)86-71-67(63(59)90-49(11)77)97-56(82)40-35-30-26-23-25-28-32-37-52(36-31-19-16-3)93-72-68(100-71)64(91-50(12)78)60(87-46(8)74)53(94-72)41-83-45(7)73/h42-44,52-53,57-72H,14-41H2,1-13H3/t42-,43-,44-,52-,53+,57-,58-,59-,60+,61+,62+,63+,64-,65+,66+,67+,68+,69-,70-,71-,72+/m0/s1. The number of carbonyl (C=O) groups excluding carboxylic acids is 10. The highest BCUT2D eigenvalue weighted by Gasteiger charge is 2.61. The molecule has 0 aliphatic carbocycles. The SMILES string of the molecule is CCCCCCCCCC(=O)O[C@@H]1[C@@H](OC(C)=O)[C@@H](OC(C)=O)[C@H](O[C@@H]2[C@@H](OC(C)=O)[C@@H](OC(=O)CCCCCCC)[C@H](O[C@@H]3[C@@H](OC(C)=O)[C@H]4OC(=O)CCCCCCCCC[C@H](CCCCC)O[C@@H]5O[C@H](COC(C)=O)[C@@H](OC(C)=O)[C@H](OC(C)=O)[C@H]5O[C@@H]4O[C@H]3C)O[C@H]2C)O[C@H]1C. The third kappa shape index (κ3) is 28.5. The van der Waals surface area contributed by atoms with Gasteiger partial charge in [-0.15, -0.1) is 0 Å². The molecule has 0 unspecified atom stereocenters. The Morgan fingerprint density at radius 3 is 1.30 bits per heavy atom. The Labute approximate surface area is 589 Å². The third-order valence-electron chi connectivity index (χ3n) is 18.0. The summed E-state index contributed by atoms with van der Waals surface area (Å²) in [5.74, 6) is -8.03. The quantitative estimate of drug-likeness (QED) is 0.0343. The van der Waals surface area contributed by atoms with E-state index in [4.69, 9.17) is 85.3 Å². The van der Waals surface area contributed by atoms with Gasteiger partial charge in [0, 0.05) is 67.7 Å². The molecule has 100 heavy (non-hydrogen) atoms. The minimum absolute atomic E-state index is 0.0447. The van der Waals surface area contributed by atoms with Crippen molar-refractivity contribution in [1.82, 2.24) is 0 Å². The summed E-state index contributed by atoms with van der Waals surface area (Å²) in [6.45, 7) is 18.2. The fourth-order valence-corrected chi connectivity index (χ4v) is 13.3. The molecule has 0 amide bonds. The number of carbonyl (C=O) groups is 10. The summed E-state index contributed by atoms with van der Waals surface area (Å²) in [6.07, 6.45) is -12.3. The number of unbranched alkanes of at least 4 members (excludes halogenated alkanes) is 12. The zero-order valence-electron chi connectivity index (χ0n) is 61.4. The van der Waals surface area contributed by atoms with Gasteiger partial charge in [-0.1, -0.05) is 143 Å². The topological polar surface area (TPSA) is 337 Å². The predicted molar refractivity (Wildman–Crippen MR) is 352 cm³/mol. The van der Waals surface area contributed by atoms with Crippen LogP contribution < -0.4 is 0 Å². The second-order valence-electron chi connectivity index (χ2n) is 26.9. The second-order valence-corrected chi connectivity index (χ2v) is 26.9. The van der Waals surface area contributed by atoms with Crippen molar-refractivity contribution in [2.75, 3.05) is 6.61 Å². The van der Waals surface area contributed by atoms with Crippen LogP contribution in [0, 0.1) is 0 Å². The Morgan fingerprint density at radius 2 is 0.770 bits per heavy atom. The molecule has 0 N–H and O–H groups in total. The summed E-state index contributed by atoms with van der Waals surface area (Å²) < 4.78 is 114. The van der Waals surface area contributed by atoms with Crippen molar-refractivity contribution in [2.24, 2.45) is 0 Å². The van der Waals surface area contributed by atoms with Gasteiger partial charge in [0.2, 0.25) is 0 Å². The van der Waals surface area contributed by atoms with Gasteiger partial charge in [-0.05, 0) is 52.9 Å². The molecule has 0 radical (unpaired) electrons. The summed E-state index contributed by atoms with van der Waals surface area (Å²) in [5.41, 5.74) is 0. The third-order valence-corrected chi connectivity index (χ3v) is 18.0. The van der Waals surface area contributed by atoms with Gasteiger partial charge >= 0.3 is 59.7 Å². The molecule has 0 aromatic carbocycles. The fourth-order valence-electron chi connectivity index (χ4n) is 13.3. The zero-order valence-corrected chi connectivity index (χ0v) is 61.4. The number of rotatable bonds is 32. The van der Waals surface area contributed by atoms with Crippen molar-refractivity contribution in [3.8, 4) is 0 Å². The van der Waals surface area contributed by atoms with E-state index in [9.17, 15) is 47.9 Å². The highest BCUT2D eigenvalue weighted by atomic mass is 16.8. The van der Waals surface area contributed by atoms with Gasteiger partial charge in [0.05, 0.1) is 24.4 Å². The normalized spacial score (nSPS) is 32.2. The lowest BCUT2D eigenvalue weighted by molar-refractivity contribution is -0.389. The summed E-state index contributed by atoms with van der Waals surface area (Å²) in [4.78, 5) is 134. The van der Waals surface area contributed by atoms with Crippen LogP contribution in [0.15, 0.2) is 0 Å². The van der Waals surface area contributed by atoms with Crippen LogP contribution in [0.1, 0.15) is 263 Å². The molecule has 5 aliphatic heterocycles. The number of hydrogen-bond donors (Lipinski definition) is 0. The molecule has 0 saturated carbocycles. The Bertz CT molecular complexity index is 2550. The maximum atomic E-state index is 14.4. The monoisotopic (exact) mass is 1430 g/mol. The van der Waals surface area contributed by atoms with Crippen LogP contribution in [0.2, 0.25) is 0 Å². The first-order valence-electron chi connectivity index (χ1n) is 36.7. The van der Waals surface area contributed by atoms with E-state index in [1.54, 1.807) is 6.92 Å². The van der Waals surface area contributed by atoms with Gasteiger partial charge in [-0.2, -0.15) is 0 Å². The predicted octanol–water partition coefficient (Wildman–Crippen LogP) is 9.98. The van der Waals surface area contributed by atoms with E-state index in [0.717, 1.165) is 151 Å². The molecule has 28 nitrogen and oxygen atoms in total. The van der Waals surface area contributed by atoms with E-state index in [1.807, 2.05) is 6.92 Å². The Hall–Kier alpha value is -5.62. The highest BCUT2D eigenvalue weighted by molar-refractivity contribution is 5.72. The fraction of sp³-hybridized carbons (Fsp3) is 0.861. The molecule has 5 saturated heterocycles. The molecule has 5 heterocycles. The molecular weight excluding hydrogens is 1310 g/mol. The van der Waals surface area contributed by atoms with Crippen LogP contribution in [0.25, 0.3) is 0 Å². The average Bonchev–Trinajstić information content (AvgIpc) is 0.767. The molecule has 21 atom stereocenters. The lowest BCUT2D eigenvalue weighted by Gasteiger charge is -2.51. The molecule has 5 rings (SSSR count). The van der Waals surface area contributed by atoms with Crippen molar-refractivity contribution in [3.05, 3.63) is 0 Å². The second kappa shape index (κ2) is 44.8. The van der Waals surface area contributed by atoms with Crippen molar-refractivity contribution < 1.29 is 133 Å². The zero-order chi connectivity index (χ0) is 73.4. The molecule has 5 fully saturated rings. The molecule has 0 spiro atoms. The number of ether oxygens (including phenoxy) is 18. The first-order valence-corrected chi connectivity index (χ1v) is 36.7. The lowest BCUT2D eigenvalue weighted by Crippen LogP contribution is -2.68. The largest absolute Gasteiger partial charge is 0.463 e. The van der Waals surface area contributed by atoms with Crippen LogP contribution >= 0.6 is 0 Å². The number of esters is 10. The highest BCUT2D eigenvalue weighted by Crippen LogP contribution is 2.41. The molecule has 28 heteroatoms. The van der Waals surface area contributed by atoms with E-state index >= 15 is 0 Å². The molecule has 5 aliphatic rings. The van der Waals surface area contributed by atoms with Gasteiger partial charge in [0.15, 0.2) is 86.2 Å². The Balaban J connectivity index is 1.62. The number of fused-ring (bicyclic) bond motifs is 2. The van der Waals surface area contributed by atoms with E-state index in [2.05, 4.69) is 13.8 Å². The van der Waals surface area contributed by atoms with Crippen molar-refractivity contribution in [1.29, 1.82) is 0 Å². The van der Waals surface area contributed by atoms with Crippen molar-refractivity contribution >= 4 is 59.7 Å². The summed E-state index contributed by atoms with van der Waals surface area (Å²) >= 11 is 0. The first-order chi connectivity index (χ1) is 47.7. The smallest absolute Gasteiger partial charge is 0.306 e. The lowest BCUT2D eigenvalue weighted by atomic mass is 9.95. The maximum absolute atomic E-state index is 14.4. The van der Waals surface area contributed by atoms with Crippen LogP contribution in [0.4, 0.5) is 0 Å². The van der Waals surface area contributed by atoms with Gasteiger partial charge in [-0.3, -0.25) is 47.9 Å². The van der Waals surface area contributed by atoms with Crippen molar-refractivity contribution in [2.45, 2.75) is 392 Å². The molecule has 0 bridgehead atoms. The van der Waals surface area contributed by atoms with E-state index in [0.29, 0.717) is 44.9 Å². The van der Waals surface area contributed by atoms with Crippen LogP contribution in [0.3, 0.4) is 0 Å². The first kappa shape index (κ1) is 85.0. The average molecular weight is 1430 g/mol.